The number of aryl methyl sites for hydroxylation is 1. The van der Waals surface area contributed by atoms with Gasteiger partial charge in [-0.25, -0.2) is 8.42 Å². The van der Waals surface area contributed by atoms with Crippen molar-refractivity contribution in [3.63, 3.8) is 0 Å². The van der Waals surface area contributed by atoms with Gasteiger partial charge in [-0.15, -0.1) is 0 Å². The number of nitrogens with zero attached hydrogens (tertiary/aromatic N) is 1. The Balaban J connectivity index is 1.62. The summed E-state index contributed by atoms with van der Waals surface area (Å²) in [6.45, 7) is 5.46. The Morgan fingerprint density at radius 2 is 1.96 bits per heavy atom. The molecule has 2 heterocycles. The molecular formula is C19H24N2O4S. The quantitative estimate of drug-likeness (QED) is 0.866. The number of amides is 1. The third-order valence-corrected chi connectivity index (χ3v) is 6.18. The number of nitrogens with one attached hydrogen (secondary N) is 1. The van der Waals surface area contributed by atoms with E-state index in [1.165, 1.54) is 0 Å². The molecule has 0 saturated carbocycles. The zero-order valence-electron chi connectivity index (χ0n) is 15.1. The number of hydrogen-bond donors (Lipinski definition) is 1. The summed E-state index contributed by atoms with van der Waals surface area (Å²) in [6.07, 6.45) is 0. The first-order chi connectivity index (χ1) is 12.3. The Labute approximate surface area is 154 Å². The Morgan fingerprint density at radius 1 is 1.23 bits per heavy atom. The van der Waals surface area contributed by atoms with Crippen LogP contribution in [0.5, 0.6) is 0 Å². The number of benzene rings is 1. The van der Waals surface area contributed by atoms with Gasteiger partial charge < -0.3 is 9.73 Å². The fourth-order valence-electron chi connectivity index (χ4n) is 3.01. The number of sulfone groups is 1. The van der Waals surface area contributed by atoms with Gasteiger partial charge in [-0.2, -0.15) is 0 Å². The van der Waals surface area contributed by atoms with Crippen LogP contribution in [0.3, 0.4) is 0 Å². The normalized spacial score (nSPS) is 18.4. The second-order valence-electron chi connectivity index (χ2n) is 6.77. The van der Waals surface area contributed by atoms with Gasteiger partial charge in [0.2, 0.25) is 0 Å². The van der Waals surface area contributed by atoms with Crippen molar-refractivity contribution in [3.05, 3.63) is 59.0 Å². The van der Waals surface area contributed by atoms with Crippen LogP contribution in [0.15, 0.2) is 40.8 Å². The minimum absolute atomic E-state index is 0.158. The van der Waals surface area contributed by atoms with E-state index >= 15 is 0 Å². The smallest absolute Gasteiger partial charge is 0.251 e. The lowest BCUT2D eigenvalue weighted by Crippen LogP contribution is -2.39. The summed E-state index contributed by atoms with van der Waals surface area (Å²) < 4.78 is 28.6. The molecule has 1 atom stereocenters. The van der Waals surface area contributed by atoms with Crippen LogP contribution in [-0.2, 0) is 16.4 Å². The van der Waals surface area contributed by atoms with E-state index in [9.17, 15) is 13.2 Å². The van der Waals surface area contributed by atoms with Gasteiger partial charge in [-0.3, -0.25) is 9.69 Å². The van der Waals surface area contributed by atoms with Gasteiger partial charge in [0.25, 0.3) is 5.91 Å². The molecule has 1 saturated heterocycles. The highest BCUT2D eigenvalue weighted by Crippen LogP contribution is 2.17. The van der Waals surface area contributed by atoms with E-state index in [0.29, 0.717) is 25.2 Å². The third-order valence-electron chi connectivity index (χ3n) is 4.57. The SMILES string of the molecule is Cc1ccc(C(C)NC(=O)c2cccc(CN3CCS(=O)(=O)CC3)c2)o1. The van der Waals surface area contributed by atoms with E-state index in [2.05, 4.69) is 10.2 Å². The largest absolute Gasteiger partial charge is 0.464 e. The minimum Gasteiger partial charge on any atom is -0.464 e. The molecular weight excluding hydrogens is 352 g/mol. The topological polar surface area (TPSA) is 79.6 Å². The molecule has 0 radical (unpaired) electrons. The molecule has 1 aliphatic heterocycles. The summed E-state index contributed by atoms with van der Waals surface area (Å²) in [5, 5.41) is 2.94. The van der Waals surface area contributed by atoms with E-state index in [-0.39, 0.29) is 23.5 Å². The highest BCUT2D eigenvalue weighted by atomic mass is 32.2. The predicted molar refractivity (Wildman–Crippen MR) is 99.7 cm³/mol. The summed E-state index contributed by atoms with van der Waals surface area (Å²) >= 11 is 0. The number of hydrogen-bond acceptors (Lipinski definition) is 5. The molecule has 7 heteroatoms. The molecule has 3 rings (SSSR count). The van der Waals surface area contributed by atoms with Gasteiger partial charge in [-0.05, 0) is 43.7 Å². The van der Waals surface area contributed by atoms with Gasteiger partial charge in [0.15, 0.2) is 9.84 Å². The average Bonchev–Trinajstić information content (AvgIpc) is 3.04. The molecule has 0 aliphatic carbocycles. The van der Waals surface area contributed by atoms with Crippen LogP contribution in [0.25, 0.3) is 0 Å². The van der Waals surface area contributed by atoms with Crippen molar-refractivity contribution in [3.8, 4) is 0 Å². The number of carbonyl (C=O) groups excluding carboxylic acids is 1. The summed E-state index contributed by atoms with van der Waals surface area (Å²) in [4.78, 5) is 14.6. The van der Waals surface area contributed by atoms with Crippen LogP contribution in [0.2, 0.25) is 0 Å². The van der Waals surface area contributed by atoms with Gasteiger partial charge in [-0.1, -0.05) is 12.1 Å². The summed E-state index contributed by atoms with van der Waals surface area (Å²) in [5.74, 6) is 1.78. The molecule has 1 aliphatic rings. The van der Waals surface area contributed by atoms with Crippen molar-refractivity contribution >= 4 is 15.7 Å². The maximum Gasteiger partial charge on any atom is 0.251 e. The summed E-state index contributed by atoms with van der Waals surface area (Å²) in [5.41, 5.74) is 1.58. The zero-order chi connectivity index (χ0) is 18.7. The number of rotatable bonds is 5. The van der Waals surface area contributed by atoms with Gasteiger partial charge in [0.1, 0.15) is 11.5 Å². The van der Waals surface area contributed by atoms with Crippen molar-refractivity contribution in [2.75, 3.05) is 24.6 Å². The van der Waals surface area contributed by atoms with Gasteiger partial charge >= 0.3 is 0 Å². The third kappa shape index (κ3) is 4.74. The van der Waals surface area contributed by atoms with Crippen LogP contribution in [-0.4, -0.2) is 43.8 Å². The van der Waals surface area contributed by atoms with E-state index in [1.807, 2.05) is 44.2 Å². The first kappa shape index (κ1) is 18.7. The molecule has 6 nitrogen and oxygen atoms in total. The Morgan fingerprint density at radius 3 is 2.62 bits per heavy atom. The van der Waals surface area contributed by atoms with Crippen molar-refractivity contribution < 1.29 is 17.6 Å². The molecule has 2 aromatic rings. The molecule has 1 unspecified atom stereocenters. The molecule has 1 fully saturated rings. The van der Waals surface area contributed by atoms with Crippen LogP contribution in [0, 0.1) is 6.92 Å². The monoisotopic (exact) mass is 376 g/mol. The summed E-state index contributed by atoms with van der Waals surface area (Å²) in [6, 6.07) is 11.0. The first-order valence-electron chi connectivity index (χ1n) is 8.71. The van der Waals surface area contributed by atoms with E-state index in [4.69, 9.17) is 4.42 Å². The minimum atomic E-state index is -2.88. The van der Waals surface area contributed by atoms with Crippen LogP contribution >= 0.6 is 0 Å². The van der Waals surface area contributed by atoms with Crippen molar-refractivity contribution in [2.24, 2.45) is 0 Å². The van der Waals surface area contributed by atoms with Gasteiger partial charge in [0, 0.05) is 25.2 Å². The zero-order valence-corrected chi connectivity index (χ0v) is 15.9. The Kier molecular flexibility index (Phi) is 5.48. The molecule has 140 valence electrons. The lowest BCUT2D eigenvalue weighted by atomic mass is 10.1. The van der Waals surface area contributed by atoms with Crippen LogP contribution in [0.4, 0.5) is 0 Å². The molecule has 1 aromatic heterocycles. The summed E-state index contributed by atoms with van der Waals surface area (Å²) in [7, 11) is -2.88. The lowest BCUT2D eigenvalue weighted by molar-refractivity contribution is 0.0935. The maximum absolute atomic E-state index is 12.5. The number of carbonyl (C=O) groups is 1. The van der Waals surface area contributed by atoms with Crippen molar-refractivity contribution in [2.45, 2.75) is 26.4 Å². The first-order valence-corrected chi connectivity index (χ1v) is 10.5. The molecule has 1 N–H and O–H groups in total. The van der Waals surface area contributed by atoms with Crippen molar-refractivity contribution in [1.82, 2.24) is 10.2 Å². The lowest BCUT2D eigenvalue weighted by Gasteiger charge is -2.26. The second kappa shape index (κ2) is 7.63. The number of furan rings is 1. The molecule has 0 bridgehead atoms. The Bertz CT molecular complexity index is 874. The molecule has 1 aromatic carbocycles. The molecule has 1 amide bonds. The van der Waals surface area contributed by atoms with Crippen molar-refractivity contribution in [1.29, 1.82) is 0 Å². The second-order valence-corrected chi connectivity index (χ2v) is 9.08. The highest BCUT2D eigenvalue weighted by molar-refractivity contribution is 7.91. The highest BCUT2D eigenvalue weighted by Gasteiger charge is 2.21. The van der Waals surface area contributed by atoms with Gasteiger partial charge in [0.05, 0.1) is 17.5 Å². The van der Waals surface area contributed by atoms with E-state index < -0.39 is 9.84 Å². The average molecular weight is 376 g/mol. The van der Waals surface area contributed by atoms with Crippen LogP contribution < -0.4 is 5.32 Å². The van der Waals surface area contributed by atoms with E-state index in [0.717, 1.165) is 17.1 Å². The molecule has 26 heavy (non-hydrogen) atoms. The Hall–Kier alpha value is -2.12. The van der Waals surface area contributed by atoms with E-state index in [1.54, 1.807) is 6.07 Å². The fraction of sp³-hybridized carbons (Fsp3) is 0.421. The molecule has 0 spiro atoms. The maximum atomic E-state index is 12.5. The predicted octanol–water partition coefficient (Wildman–Crippen LogP) is 2.31. The van der Waals surface area contributed by atoms with Crippen LogP contribution in [0.1, 0.15) is 40.4 Å². The fourth-order valence-corrected chi connectivity index (χ4v) is 4.29. The standard InChI is InChI=1S/C19H24N2O4S/c1-14-6-7-18(25-14)15(2)20-19(22)17-5-3-4-16(12-17)13-21-8-10-26(23,24)11-9-21/h3-7,12,15H,8-11,13H2,1-2H3,(H,20,22).